The van der Waals surface area contributed by atoms with E-state index in [1.165, 1.54) is 29.5 Å². The molecule has 1 unspecified atom stereocenters. The largest absolute Gasteiger partial charge is 0.0651 e. The van der Waals surface area contributed by atoms with Gasteiger partial charge in [-0.15, -0.1) is 0 Å². The Morgan fingerprint density at radius 1 is 0.889 bits per heavy atom. The molecule has 0 saturated carbocycles. The van der Waals surface area contributed by atoms with Crippen LogP contribution < -0.4 is 0 Å². The fraction of sp³-hybridized carbons (Fsp3) is 0.333. The molecule has 0 saturated heterocycles. The van der Waals surface area contributed by atoms with Crippen LogP contribution in [0.3, 0.4) is 0 Å². The quantitative estimate of drug-likeness (QED) is 0.688. The van der Waals surface area contributed by atoms with Gasteiger partial charge in [0.1, 0.15) is 0 Å². The van der Waals surface area contributed by atoms with Crippen LogP contribution in [0.15, 0.2) is 54.6 Å². The third-order valence-electron chi connectivity index (χ3n) is 3.49. The molecule has 0 aliphatic carbocycles. The van der Waals surface area contributed by atoms with Crippen LogP contribution in [0.5, 0.6) is 0 Å². The summed E-state index contributed by atoms with van der Waals surface area (Å²) in [6.45, 7) is 4.58. The van der Waals surface area contributed by atoms with Crippen LogP contribution in [-0.4, -0.2) is 0 Å². The molecule has 0 nitrogen and oxygen atoms in total. The second kappa shape index (κ2) is 6.39. The first-order valence-electron chi connectivity index (χ1n) is 6.93. The van der Waals surface area contributed by atoms with Crippen molar-refractivity contribution in [2.45, 2.75) is 39.0 Å². The van der Waals surface area contributed by atoms with E-state index in [0.29, 0.717) is 5.92 Å². The van der Waals surface area contributed by atoms with Gasteiger partial charge in [-0.2, -0.15) is 0 Å². The van der Waals surface area contributed by atoms with Crippen molar-refractivity contribution in [2.75, 3.05) is 0 Å². The lowest BCUT2D eigenvalue weighted by atomic mass is 9.89. The number of aryl methyl sites for hydroxylation is 1. The standard InChI is InChI=1S/C18H22/c1-3-9-17-12-7-8-13-18(17)15(2)14-16-10-5-4-6-11-16/h4-8,10-13,15H,3,9,14H2,1-2H3. The number of hydrogen-bond donors (Lipinski definition) is 0. The molecule has 0 aromatic heterocycles. The molecule has 2 aromatic rings. The van der Waals surface area contributed by atoms with Gasteiger partial charge in [0.2, 0.25) is 0 Å². The smallest absolute Gasteiger partial charge is 0.0147 e. The van der Waals surface area contributed by atoms with Crippen LogP contribution in [-0.2, 0) is 12.8 Å². The minimum absolute atomic E-state index is 0.593. The predicted octanol–water partition coefficient (Wildman–Crippen LogP) is 4.99. The van der Waals surface area contributed by atoms with Crippen molar-refractivity contribution in [1.82, 2.24) is 0 Å². The van der Waals surface area contributed by atoms with E-state index in [1.54, 1.807) is 0 Å². The Labute approximate surface area is 111 Å². The van der Waals surface area contributed by atoms with Crippen molar-refractivity contribution in [3.05, 3.63) is 71.3 Å². The first-order chi connectivity index (χ1) is 8.81. The van der Waals surface area contributed by atoms with Crippen molar-refractivity contribution >= 4 is 0 Å². The normalized spacial score (nSPS) is 12.3. The summed E-state index contributed by atoms with van der Waals surface area (Å²) in [7, 11) is 0. The van der Waals surface area contributed by atoms with Gasteiger partial charge in [0.15, 0.2) is 0 Å². The van der Waals surface area contributed by atoms with Crippen LogP contribution in [0.2, 0.25) is 0 Å². The van der Waals surface area contributed by atoms with E-state index in [4.69, 9.17) is 0 Å². The van der Waals surface area contributed by atoms with Crippen LogP contribution in [0.25, 0.3) is 0 Å². The molecule has 94 valence electrons. The van der Waals surface area contributed by atoms with E-state index in [-0.39, 0.29) is 0 Å². The van der Waals surface area contributed by atoms with Crippen LogP contribution >= 0.6 is 0 Å². The third kappa shape index (κ3) is 3.22. The maximum atomic E-state index is 2.33. The topological polar surface area (TPSA) is 0 Å². The van der Waals surface area contributed by atoms with Crippen molar-refractivity contribution in [2.24, 2.45) is 0 Å². The number of rotatable bonds is 5. The van der Waals surface area contributed by atoms with Crippen molar-refractivity contribution in [3.63, 3.8) is 0 Å². The molecule has 0 spiro atoms. The van der Waals surface area contributed by atoms with E-state index in [9.17, 15) is 0 Å². The average molecular weight is 238 g/mol. The zero-order valence-electron chi connectivity index (χ0n) is 11.4. The minimum atomic E-state index is 0.593. The second-order valence-corrected chi connectivity index (χ2v) is 5.04. The Morgan fingerprint density at radius 3 is 2.28 bits per heavy atom. The summed E-state index contributed by atoms with van der Waals surface area (Å²) < 4.78 is 0. The van der Waals surface area contributed by atoms with E-state index in [0.717, 1.165) is 6.42 Å². The molecule has 18 heavy (non-hydrogen) atoms. The Kier molecular flexibility index (Phi) is 4.58. The lowest BCUT2D eigenvalue weighted by Crippen LogP contribution is -2.02. The minimum Gasteiger partial charge on any atom is -0.0651 e. The highest BCUT2D eigenvalue weighted by atomic mass is 14.1. The van der Waals surface area contributed by atoms with Crippen molar-refractivity contribution < 1.29 is 0 Å². The third-order valence-corrected chi connectivity index (χ3v) is 3.49. The zero-order chi connectivity index (χ0) is 12.8. The SMILES string of the molecule is CCCc1ccccc1C(C)Cc1ccccc1. The Morgan fingerprint density at radius 2 is 1.56 bits per heavy atom. The molecule has 0 heteroatoms. The van der Waals surface area contributed by atoms with Gasteiger partial charge >= 0.3 is 0 Å². The molecule has 0 radical (unpaired) electrons. The molecule has 0 heterocycles. The van der Waals surface area contributed by atoms with Gasteiger partial charge in [0, 0.05) is 0 Å². The molecule has 0 fully saturated rings. The molecule has 2 rings (SSSR count). The molecule has 0 bridgehead atoms. The van der Waals surface area contributed by atoms with E-state index < -0.39 is 0 Å². The maximum Gasteiger partial charge on any atom is -0.0147 e. The summed E-state index contributed by atoms with van der Waals surface area (Å²) in [4.78, 5) is 0. The predicted molar refractivity (Wildman–Crippen MR) is 79.0 cm³/mol. The molecular formula is C18H22. The Hall–Kier alpha value is -1.56. The fourth-order valence-electron chi connectivity index (χ4n) is 2.59. The van der Waals surface area contributed by atoms with E-state index in [1.807, 2.05) is 0 Å². The molecule has 0 aliphatic heterocycles. The van der Waals surface area contributed by atoms with Crippen molar-refractivity contribution in [1.29, 1.82) is 0 Å². The molecule has 1 atom stereocenters. The maximum absolute atomic E-state index is 2.33. The highest BCUT2D eigenvalue weighted by Gasteiger charge is 2.10. The first kappa shape index (κ1) is 12.9. The van der Waals surface area contributed by atoms with Gasteiger partial charge in [-0.05, 0) is 35.4 Å². The van der Waals surface area contributed by atoms with Crippen molar-refractivity contribution in [3.8, 4) is 0 Å². The summed E-state index contributed by atoms with van der Waals surface area (Å²) in [5.74, 6) is 0.593. The lowest BCUT2D eigenvalue weighted by Gasteiger charge is -2.16. The summed E-state index contributed by atoms with van der Waals surface area (Å²) in [6.07, 6.45) is 3.53. The second-order valence-electron chi connectivity index (χ2n) is 5.04. The van der Waals surface area contributed by atoms with Crippen LogP contribution in [0.1, 0.15) is 42.9 Å². The number of hydrogen-bond acceptors (Lipinski definition) is 0. The summed E-state index contributed by atoms with van der Waals surface area (Å²) in [5, 5.41) is 0. The van der Waals surface area contributed by atoms with Gasteiger partial charge in [-0.1, -0.05) is 74.9 Å². The molecule has 0 aliphatic rings. The number of benzene rings is 2. The monoisotopic (exact) mass is 238 g/mol. The Balaban J connectivity index is 2.16. The first-order valence-corrected chi connectivity index (χ1v) is 6.93. The summed E-state index contributed by atoms with van der Waals surface area (Å²) >= 11 is 0. The van der Waals surface area contributed by atoms with Gasteiger partial charge < -0.3 is 0 Å². The molecular weight excluding hydrogens is 216 g/mol. The lowest BCUT2D eigenvalue weighted by molar-refractivity contribution is 0.740. The van der Waals surface area contributed by atoms with E-state index >= 15 is 0 Å². The van der Waals surface area contributed by atoms with E-state index in [2.05, 4.69) is 68.4 Å². The van der Waals surface area contributed by atoms with Gasteiger partial charge in [-0.25, -0.2) is 0 Å². The van der Waals surface area contributed by atoms with Crippen LogP contribution in [0.4, 0.5) is 0 Å². The molecule has 0 amide bonds. The molecule has 2 aromatic carbocycles. The van der Waals surface area contributed by atoms with Gasteiger partial charge in [0.25, 0.3) is 0 Å². The van der Waals surface area contributed by atoms with Gasteiger partial charge in [0.05, 0.1) is 0 Å². The Bertz CT molecular complexity index is 470. The van der Waals surface area contributed by atoms with Crippen LogP contribution in [0, 0.1) is 0 Å². The summed E-state index contributed by atoms with van der Waals surface area (Å²) in [6, 6.07) is 19.7. The average Bonchev–Trinajstić information content (AvgIpc) is 2.41. The fourth-order valence-corrected chi connectivity index (χ4v) is 2.59. The zero-order valence-corrected chi connectivity index (χ0v) is 11.4. The summed E-state index contributed by atoms with van der Waals surface area (Å²) in [5.41, 5.74) is 4.46. The molecule has 0 N–H and O–H groups in total. The highest BCUT2D eigenvalue weighted by Crippen LogP contribution is 2.24. The highest BCUT2D eigenvalue weighted by molar-refractivity contribution is 5.32. The van der Waals surface area contributed by atoms with Gasteiger partial charge in [-0.3, -0.25) is 0 Å².